The van der Waals surface area contributed by atoms with Crippen molar-refractivity contribution in [3.05, 3.63) is 42.0 Å². The van der Waals surface area contributed by atoms with E-state index in [4.69, 9.17) is 25.4 Å². The topological polar surface area (TPSA) is 139 Å². The van der Waals surface area contributed by atoms with Gasteiger partial charge >= 0.3 is 12.1 Å². The Morgan fingerprint density at radius 2 is 1.85 bits per heavy atom. The van der Waals surface area contributed by atoms with Gasteiger partial charge in [0, 0.05) is 44.6 Å². The quantitative estimate of drug-likeness (QED) is 0.422. The monoisotopic (exact) mass is 473 g/mol. The summed E-state index contributed by atoms with van der Waals surface area (Å²) < 4.78 is 31.1. The lowest BCUT2D eigenvalue weighted by Gasteiger charge is -2.37. The molecule has 34 heavy (non-hydrogen) atoms. The van der Waals surface area contributed by atoms with E-state index in [1.807, 2.05) is 10.2 Å². The van der Waals surface area contributed by atoms with Crippen LogP contribution in [-0.4, -0.2) is 67.5 Å². The number of guanidine groups is 1. The third-order valence-corrected chi connectivity index (χ3v) is 5.69. The van der Waals surface area contributed by atoms with E-state index in [1.54, 1.807) is 30.6 Å². The van der Waals surface area contributed by atoms with Crippen LogP contribution in [0.15, 0.2) is 30.6 Å². The van der Waals surface area contributed by atoms with Gasteiger partial charge in [0.25, 0.3) is 0 Å². The molecule has 182 valence electrons. The van der Waals surface area contributed by atoms with Crippen LogP contribution in [0.5, 0.6) is 6.01 Å². The number of carbonyl (C=O) groups excluding carboxylic acids is 1. The lowest BCUT2D eigenvalue weighted by atomic mass is 10.1. The molecule has 2 aliphatic rings. The maximum Gasteiger partial charge on any atom is 0.414 e. The van der Waals surface area contributed by atoms with Gasteiger partial charge in [-0.2, -0.15) is 0 Å². The summed E-state index contributed by atoms with van der Waals surface area (Å²) >= 11 is 0. The maximum absolute atomic E-state index is 15.1. The molecule has 0 aliphatic carbocycles. The number of piperazine rings is 1. The van der Waals surface area contributed by atoms with Crippen molar-refractivity contribution in [2.75, 3.05) is 49.2 Å². The van der Waals surface area contributed by atoms with Gasteiger partial charge in [-0.1, -0.05) is 12.1 Å². The van der Waals surface area contributed by atoms with Crippen LogP contribution in [0.1, 0.15) is 18.4 Å². The zero-order valence-electron chi connectivity index (χ0n) is 18.7. The molecule has 2 aliphatic heterocycles. The summed E-state index contributed by atoms with van der Waals surface area (Å²) in [4.78, 5) is 24.3. The predicted molar refractivity (Wildman–Crippen MR) is 123 cm³/mol. The second-order valence-corrected chi connectivity index (χ2v) is 7.99. The summed E-state index contributed by atoms with van der Waals surface area (Å²) in [6.07, 6.45) is 4.36. The number of rotatable bonds is 6. The molecule has 2 aromatic rings. The highest BCUT2D eigenvalue weighted by molar-refractivity contribution is 5.90. The number of ether oxygens (including phenoxy) is 3. The molecule has 3 heterocycles. The van der Waals surface area contributed by atoms with E-state index >= 15 is 4.39 Å². The summed E-state index contributed by atoms with van der Waals surface area (Å²) in [5, 5.41) is 9.02. The van der Waals surface area contributed by atoms with Crippen molar-refractivity contribution < 1.29 is 23.4 Å². The predicted octanol–water partition coefficient (Wildman–Crippen LogP) is 1.62. The fourth-order valence-corrected chi connectivity index (χ4v) is 3.89. The van der Waals surface area contributed by atoms with Crippen molar-refractivity contribution in [2.24, 2.45) is 5.73 Å². The van der Waals surface area contributed by atoms with Crippen molar-refractivity contribution in [2.45, 2.75) is 25.6 Å². The third-order valence-electron chi connectivity index (χ3n) is 5.69. The van der Waals surface area contributed by atoms with Crippen LogP contribution < -0.4 is 25.6 Å². The fourth-order valence-electron chi connectivity index (χ4n) is 3.89. The van der Waals surface area contributed by atoms with Crippen molar-refractivity contribution >= 4 is 23.4 Å². The normalized spacial score (nSPS) is 16.7. The Balaban J connectivity index is 1.31. The molecular formula is C22H28FN7O4. The van der Waals surface area contributed by atoms with Crippen molar-refractivity contribution in [1.29, 1.82) is 5.41 Å². The number of nitrogens with one attached hydrogen (secondary N) is 2. The lowest BCUT2D eigenvalue weighted by molar-refractivity contribution is 0.0217. The first-order valence-corrected chi connectivity index (χ1v) is 11.1. The second-order valence-electron chi connectivity index (χ2n) is 7.99. The van der Waals surface area contributed by atoms with Crippen LogP contribution in [0.4, 0.5) is 20.6 Å². The molecule has 1 aromatic heterocycles. The van der Waals surface area contributed by atoms with Gasteiger partial charge < -0.3 is 29.7 Å². The number of nitrogens with zero attached hydrogens (tertiary/aromatic N) is 4. The van der Waals surface area contributed by atoms with Gasteiger partial charge in [-0.25, -0.2) is 19.2 Å². The Bertz CT molecular complexity index is 993. The van der Waals surface area contributed by atoms with E-state index in [1.165, 1.54) is 0 Å². The van der Waals surface area contributed by atoms with Gasteiger partial charge in [-0.15, -0.1) is 0 Å². The lowest BCUT2D eigenvalue weighted by Crippen LogP contribution is -2.47. The average molecular weight is 474 g/mol. The minimum absolute atomic E-state index is 0.0859. The molecular weight excluding hydrogens is 445 g/mol. The molecule has 2 saturated heterocycles. The van der Waals surface area contributed by atoms with Crippen LogP contribution in [0.3, 0.4) is 0 Å². The molecule has 0 radical (unpaired) electrons. The number of benzene rings is 1. The smallest absolute Gasteiger partial charge is 0.414 e. The largest absolute Gasteiger partial charge is 0.460 e. The number of amides is 1. The molecule has 11 nitrogen and oxygen atoms in total. The number of nitrogens with two attached hydrogens (primary N) is 1. The summed E-state index contributed by atoms with van der Waals surface area (Å²) in [5.41, 5.74) is 6.66. The van der Waals surface area contributed by atoms with Crippen LogP contribution in [-0.2, 0) is 16.1 Å². The van der Waals surface area contributed by atoms with Crippen LogP contribution >= 0.6 is 0 Å². The number of anilines is 2. The Morgan fingerprint density at radius 1 is 1.18 bits per heavy atom. The molecule has 4 N–H and O–H groups in total. The number of alkyl carbamates (subject to hydrolysis) is 1. The zero-order chi connectivity index (χ0) is 23.9. The van der Waals surface area contributed by atoms with Crippen LogP contribution in [0, 0.1) is 11.2 Å². The number of hydrogen-bond acceptors (Lipinski definition) is 9. The Labute approximate surface area is 196 Å². The number of halogens is 1. The summed E-state index contributed by atoms with van der Waals surface area (Å²) in [6, 6.07) is 5.34. The SMILES string of the molecule is N=C(N)NC(=O)OCc1cccc(N2CCN(c3cnc(OC4CCOCC4)nc3)CC2)c1F. The molecule has 1 aromatic carbocycles. The number of hydrogen-bond donors (Lipinski definition) is 3. The molecule has 0 bridgehead atoms. The van der Waals surface area contributed by atoms with Gasteiger partial charge in [-0.3, -0.25) is 10.7 Å². The average Bonchev–Trinajstić information content (AvgIpc) is 2.84. The highest BCUT2D eigenvalue weighted by Gasteiger charge is 2.22. The first kappa shape index (κ1) is 23.5. The van der Waals surface area contributed by atoms with Crippen LogP contribution in [0.25, 0.3) is 0 Å². The molecule has 0 unspecified atom stereocenters. The van der Waals surface area contributed by atoms with E-state index in [0.29, 0.717) is 51.1 Å². The second kappa shape index (κ2) is 11.0. The summed E-state index contributed by atoms with van der Waals surface area (Å²) in [6.45, 7) is 3.67. The van der Waals surface area contributed by atoms with Gasteiger partial charge in [0.05, 0.1) is 37.0 Å². The molecule has 2 fully saturated rings. The van der Waals surface area contributed by atoms with E-state index in [9.17, 15) is 4.79 Å². The van der Waals surface area contributed by atoms with Gasteiger partial charge in [0.15, 0.2) is 11.8 Å². The molecule has 0 atom stereocenters. The van der Waals surface area contributed by atoms with Gasteiger partial charge in [0.1, 0.15) is 12.7 Å². The molecule has 1 amide bonds. The van der Waals surface area contributed by atoms with E-state index in [-0.39, 0.29) is 18.3 Å². The third kappa shape index (κ3) is 6.01. The van der Waals surface area contributed by atoms with Crippen molar-refractivity contribution in [3.63, 3.8) is 0 Å². The Kier molecular flexibility index (Phi) is 7.58. The summed E-state index contributed by atoms with van der Waals surface area (Å²) in [7, 11) is 0. The molecule has 12 heteroatoms. The first-order valence-electron chi connectivity index (χ1n) is 11.1. The highest BCUT2D eigenvalue weighted by Crippen LogP contribution is 2.26. The minimum Gasteiger partial charge on any atom is -0.460 e. The van der Waals surface area contributed by atoms with Gasteiger partial charge in [0.2, 0.25) is 0 Å². The number of aromatic nitrogens is 2. The Hall–Kier alpha value is -3.67. The fraction of sp³-hybridized carbons (Fsp3) is 0.455. The van der Waals surface area contributed by atoms with Crippen LogP contribution in [0.2, 0.25) is 0 Å². The van der Waals surface area contributed by atoms with Crippen molar-refractivity contribution in [1.82, 2.24) is 15.3 Å². The first-order chi connectivity index (χ1) is 16.5. The standard InChI is InChI=1S/C22H28FN7O4/c23-19-15(14-33-22(31)28-20(24)25)2-1-3-18(19)30-8-6-29(7-9-30)16-12-26-21(27-13-16)34-17-4-10-32-11-5-17/h1-3,12-13,17H,4-11,14H2,(H4,24,25,28,31). The molecule has 4 rings (SSSR count). The Morgan fingerprint density at radius 3 is 2.53 bits per heavy atom. The zero-order valence-corrected chi connectivity index (χ0v) is 18.7. The summed E-state index contributed by atoms with van der Waals surface area (Å²) in [5.74, 6) is -0.978. The molecule has 0 spiro atoms. The van der Waals surface area contributed by atoms with E-state index < -0.39 is 17.9 Å². The number of carbonyl (C=O) groups is 1. The maximum atomic E-state index is 15.1. The van der Waals surface area contributed by atoms with E-state index in [2.05, 4.69) is 14.9 Å². The minimum atomic E-state index is -0.905. The molecule has 0 saturated carbocycles. The van der Waals surface area contributed by atoms with Crippen molar-refractivity contribution in [3.8, 4) is 6.01 Å². The van der Waals surface area contributed by atoms with Gasteiger partial charge in [-0.05, 0) is 6.07 Å². The highest BCUT2D eigenvalue weighted by atomic mass is 19.1. The van der Waals surface area contributed by atoms with E-state index in [0.717, 1.165) is 18.5 Å².